The first-order chi connectivity index (χ1) is 8.34. The fourth-order valence-corrected chi connectivity index (χ4v) is 2.31. The van der Waals surface area contributed by atoms with E-state index in [0.717, 1.165) is 25.9 Å². The van der Waals surface area contributed by atoms with Gasteiger partial charge in [0.05, 0.1) is 0 Å². The largest absolute Gasteiger partial charge is 0.343 e. The summed E-state index contributed by atoms with van der Waals surface area (Å²) in [6.07, 6.45) is 13.9. The van der Waals surface area contributed by atoms with Crippen molar-refractivity contribution in [3.05, 3.63) is 0 Å². The van der Waals surface area contributed by atoms with Crippen molar-refractivity contribution in [2.45, 2.75) is 77.6 Å². The van der Waals surface area contributed by atoms with Gasteiger partial charge in [-0.15, -0.1) is 0 Å². The normalized spacial score (nSPS) is 14.8. The Morgan fingerprint density at radius 2 is 1.41 bits per heavy atom. The van der Waals surface area contributed by atoms with Crippen LogP contribution in [0.5, 0.6) is 0 Å². The minimum absolute atomic E-state index is 0.388. The number of hydrogen-bond donors (Lipinski definition) is 0. The van der Waals surface area contributed by atoms with Crippen molar-refractivity contribution in [2.24, 2.45) is 0 Å². The van der Waals surface area contributed by atoms with Gasteiger partial charge in [-0.2, -0.15) is 0 Å². The second-order valence-electron chi connectivity index (χ2n) is 5.31. The second kappa shape index (κ2) is 9.49. The summed E-state index contributed by atoms with van der Waals surface area (Å²) in [6.45, 7) is 4.28. The molecule has 100 valence electrons. The Hall–Kier alpha value is -0.530. The van der Waals surface area contributed by atoms with Gasteiger partial charge in [0.1, 0.15) is 0 Å². The van der Waals surface area contributed by atoms with Gasteiger partial charge in [0.2, 0.25) is 5.91 Å². The van der Waals surface area contributed by atoms with Crippen LogP contribution in [-0.2, 0) is 4.79 Å². The van der Waals surface area contributed by atoms with Crippen LogP contribution in [0.3, 0.4) is 0 Å². The minimum Gasteiger partial charge on any atom is -0.343 e. The molecular weight excluding hydrogens is 210 g/mol. The number of nitrogens with zero attached hydrogens (tertiary/aromatic N) is 1. The van der Waals surface area contributed by atoms with Crippen LogP contribution >= 0.6 is 0 Å². The SMILES string of the molecule is CCCCCCCCCCCC(=O)N1CCC1. The highest BCUT2D eigenvalue weighted by atomic mass is 16.2. The maximum absolute atomic E-state index is 11.6. The molecule has 1 heterocycles. The predicted molar refractivity (Wildman–Crippen MR) is 73.0 cm³/mol. The van der Waals surface area contributed by atoms with Crippen molar-refractivity contribution in [2.75, 3.05) is 13.1 Å². The zero-order valence-corrected chi connectivity index (χ0v) is 11.5. The molecule has 1 aliphatic rings. The number of amides is 1. The zero-order valence-electron chi connectivity index (χ0n) is 11.5. The number of carbonyl (C=O) groups excluding carboxylic acids is 1. The van der Waals surface area contributed by atoms with Gasteiger partial charge in [0.25, 0.3) is 0 Å². The van der Waals surface area contributed by atoms with Crippen LogP contribution in [0, 0.1) is 0 Å². The number of carbonyl (C=O) groups is 1. The van der Waals surface area contributed by atoms with Crippen molar-refractivity contribution in [3.8, 4) is 0 Å². The Balaban J connectivity index is 1.76. The van der Waals surface area contributed by atoms with Crippen LogP contribution in [0.1, 0.15) is 77.6 Å². The molecule has 1 amide bonds. The van der Waals surface area contributed by atoms with Crippen LogP contribution in [0.2, 0.25) is 0 Å². The van der Waals surface area contributed by atoms with E-state index in [0.29, 0.717) is 5.91 Å². The highest BCUT2D eigenvalue weighted by molar-refractivity contribution is 5.76. The fraction of sp³-hybridized carbons (Fsp3) is 0.933. The van der Waals surface area contributed by atoms with Crippen LogP contribution in [0.4, 0.5) is 0 Å². The summed E-state index contributed by atoms with van der Waals surface area (Å²) >= 11 is 0. The number of unbranched alkanes of at least 4 members (excludes halogenated alkanes) is 8. The molecule has 0 aromatic rings. The Kier molecular flexibility index (Phi) is 8.12. The lowest BCUT2D eigenvalue weighted by Crippen LogP contribution is -2.41. The molecule has 0 N–H and O–H groups in total. The lowest BCUT2D eigenvalue weighted by Gasteiger charge is -2.30. The molecule has 2 nitrogen and oxygen atoms in total. The Morgan fingerprint density at radius 3 is 1.88 bits per heavy atom. The Morgan fingerprint density at radius 1 is 0.882 bits per heavy atom. The Labute approximate surface area is 107 Å². The summed E-state index contributed by atoms with van der Waals surface area (Å²) in [5.41, 5.74) is 0. The van der Waals surface area contributed by atoms with E-state index in [1.54, 1.807) is 0 Å². The quantitative estimate of drug-likeness (QED) is 0.525. The fourth-order valence-electron chi connectivity index (χ4n) is 2.31. The maximum Gasteiger partial charge on any atom is 0.222 e. The molecule has 17 heavy (non-hydrogen) atoms. The highest BCUT2D eigenvalue weighted by Crippen LogP contribution is 2.13. The van der Waals surface area contributed by atoms with E-state index in [4.69, 9.17) is 0 Å². The molecule has 1 fully saturated rings. The molecule has 1 rings (SSSR count). The topological polar surface area (TPSA) is 20.3 Å². The lowest BCUT2D eigenvalue weighted by molar-refractivity contribution is -0.134. The van der Waals surface area contributed by atoms with E-state index >= 15 is 0 Å². The molecule has 0 saturated carbocycles. The Bertz CT molecular complexity index is 199. The van der Waals surface area contributed by atoms with Gasteiger partial charge in [-0.1, -0.05) is 58.3 Å². The summed E-state index contributed by atoms with van der Waals surface area (Å²) in [5, 5.41) is 0. The van der Waals surface area contributed by atoms with Crippen molar-refractivity contribution in [1.82, 2.24) is 4.90 Å². The van der Waals surface area contributed by atoms with Crippen LogP contribution in [0.25, 0.3) is 0 Å². The monoisotopic (exact) mass is 239 g/mol. The van der Waals surface area contributed by atoms with Gasteiger partial charge in [-0.05, 0) is 12.8 Å². The zero-order chi connectivity index (χ0) is 12.3. The van der Waals surface area contributed by atoms with Gasteiger partial charge in [-0.3, -0.25) is 4.79 Å². The second-order valence-corrected chi connectivity index (χ2v) is 5.31. The van der Waals surface area contributed by atoms with Crippen LogP contribution in [0.15, 0.2) is 0 Å². The van der Waals surface area contributed by atoms with E-state index in [9.17, 15) is 4.79 Å². The van der Waals surface area contributed by atoms with E-state index in [1.807, 2.05) is 4.90 Å². The smallest absolute Gasteiger partial charge is 0.222 e. The average molecular weight is 239 g/mol. The minimum atomic E-state index is 0.388. The number of likely N-dealkylation sites (tertiary alicyclic amines) is 1. The van der Waals surface area contributed by atoms with Gasteiger partial charge in [-0.25, -0.2) is 0 Å². The number of rotatable bonds is 10. The van der Waals surface area contributed by atoms with Crippen molar-refractivity contribution >= 4 is 5.91 Å². The predicted octanol–water partition coefficient (Wildman–Crippen LogP) is 4.14. The average Bonchev–Trinajstić information content (AvgIpc) is 2.24. The van der Waals surface area contributed by atoms with E-state index in [-0.39, 0.29) is 0 Å². The van der Waals surface area contributed by atoms with E-state index < -0.39 is 0 Å². The van der Waals surface area contributed by atoms with Crippen molar-refractivity contribution in [3.63, 3.8) is 0 Å². The molecule has 1 aliphatic heterocycles. The van der Waals surface area contributed by atoms with Gasteiger partial charge >= 0.3 is 0 Å². The standard InChI is InChI=1S/C15H29NO/c1-2-3-4-5-6-7-8-9-10-12-15(17)16-13-11-14-16/h2-14H2,1H3. The first kappa shape index (κ1) is 14.5. The third-order valence-corrected chi connectivity index (χ3v) is 3.70. The molecule has 0 atom stereocenters. The van der Waals surface area contributed by atoms with Gasteiger partial charge < -0.3 is 4.90 Å². The molecule has 1 saturated heterocycles. The summed E-state index contributed by atoms with van der Waals surface area (Å²) < 4.78 is 0. The van der Waals surface area contributed by atoms with Crippen molar-refractivity contribution < 1.29 is 4.79 Å². The molecule has 2 heteroatoms. The summed E-state index contributed by atoms with van der Waals surface area (Å²) in [7, 11) is 0. The first-order valence-electron chi connectivity index (χ1n) is 7.62. The third kappa shape index (κ3) is 6.70. The van der Waals surface area contributed by atoms with Gasteiger partial charge in [0, 0.05) is 19.5 Å². The molecule has 0 radical (unpaired) electrons. The third-order valence-electron chi connectivity index (χ3n) is 3.70. The van der Waals surface area contributed by atoms with Gasteiger partial charge in [0.15, 0.2) is 0 Å². The lowest BCUT2D eigenvalue weighted by atomic mass is 10.1. The molecular formula is C15H29NO. The maximum atomic E-state index is 11.6. The molecule has 0 aromatic carbocycles. The number of hydrogen-bond acceptors (Lipinski definition) is 1. The molecule has 0 spiro atoms. The van der Waals surface area contributed by atoms with Crippen LogP contribution in [-0.4, -0.2) is 23.9 Å². The van der Waals surface area contributed by atoms with Crippen LogP contribution < -0.4 is 0 Å². The first-order valence-corrected chi connectivity index (χ1v) is 7.62. The van der Waals surface area contributed by atoms with E-state index in [1.165, 1.54) is 57.8 Å². The molecule has 0 bridgehead atoms. The van der Waals surface area contributed by atoms with E-state index in [2.05, 4.69) is 6.92 Å². The summed E-state index contributed by atoms with van der Waals surface area (Å²) in [5.74, 6) is 0.388. The molecule has 0 aliphatic carbocycles. The summed E-state index contributed by atoms with van der Waals surface area (Å²) in [6, 6.07) is 0. The highest BCUT2D eigenvalue weighted by Gasteiger charge is 2.18. The molecule has 0 unspecified atom stereocenters. The van der Waals surface area contributed by atoms with Crippen molar-refractivity contribution in [1.29, 1.82) is 0 Å². The molecule has 0 aromatic heterocycles. The summed E-state index contributed by atoms with van der Waals surface area (Å²) in [4.78, 5) is 13.5.